The zero-order valence-corrected chi connectivity index (χ0v) is 15.7. The summed E-state index contributed by atoms with van der Waals surface area (Å²) in [4.78, 5) is 24.2. The number of nitriles is 1. The van der Waals surface area contributed by atoms with Crippen molar-refractivity contribution in [2.24, 2.45) is 0 Å². The van der Waals surface area contributed by atoms with Gasteiger partial charge in [-0.25, -0.2) is 9.18 Å². The molecule has 6 nitrogen and oxygen atoms in total. The molecule has 1 amide bonds. The molecular formula is C21H19FN2O4. The van der Waals surface area contributed by atoms with Crippen molar-refractivity contribution in [1.82, 2.24) is 5.32 Å². The van der Waals surface area contributed by atoms with E-state index in [1.165, 1.54) is 43.5 Å². The number of carbonyl (C=O) groups is 2. The highest BCUT2D eigenvalue weighted by Crippen LogP contribution is 2.30. The summed E-state index contributed by atoms with van der Waals surface area (Å²) in [7, 11) is 1.37. The number of ether oxygens (including phenoxy) is 2. The summed E-state index contributed by atoms with van der Waals surface area (Å²) in [6.45, 7) is 3.57. The maximum absolute atomic E-state index is 13.7. The fourth-order valence-electron chi connectivity index (χ4n) is 2.30. The SMILES string of the molecule is COc1cc(/C=C(\C#N)C(=O)NC(C)C)ccc1OC(=O)c1ccccc1F. The highest BCUT2D eigenvalue weighted by Gasteiger charge is 2.16. The quantitative estimate of drug-likeness (QED) is 0.358. The van der Waals surface area contributed by atoms with Gasteiger partial charge in [0.2, 0.25) is 0 Å². The van der Waals surface area contributed by atoms with Crippen LogP contribution in [0.15, 0.2) is 48.0 Å². The van der Waals surface area contributed by atoms with E-state index in [9.17, 15) is 19.2 Å². The second kappa shape index (κ2) is 9.33. The number of methoxy groups -OCH3 is 1. The van der Waals surface area contributed by atoms with Gasteiger partial charge in [0.1, 0.15) is 17.5 Å². The fourth-order valence-corrected chi connectivity index (χ4v) is 2.30. The van der Waals surface area contributed by atoms with E-state index in [1.54, 1.807) is 19.9 Å². The van der Waals surface area contributed by atoms with Crippen molar-refractivity contribution < 1.29 is 23.5 Å². The third-order valence-corrected chi connectivity index (χ3v) is 3.58. The summed E-state index contributed by atoms with van der Waals surface area (Å²) < 4.78 is 24.2. The lowest BCUT2D eigenvalue weighted by atomic mass is 10.1. The number of amides is 1. The van der Waals surface area contributed by atoms with E-state index in [-0.39, 0.29) is 28.7 Å². The van der Waals surface area contributed by atoms with Crippen LogP contribution in [0, 0.1) is 17.1 Å². The Labute approximate surface area is 162 Å². The molecular weight excluding hydrogens is 363 g/mol. The van der Waals surface area contributed by atoms with Gasteiger partial charge in [-0.05, 0) is 49.8 Å². The minimum atomic E-state index is -0.867. The van der Waals surface area contributed by atoms with Crippen LogP contribution in [0.2, 0.25) is 0 Å². The van der Waals surface area contributed by atoms with Crippen LogP contribution < -0.4 is 14.8 Å². The maximum atomic E-state index is 13.7. The maximum Gasteiger partial charge on any atom is 0.346 e. The Morgan fingerprint density at radius 3 is 2.50 bits per heavy atom. The molecule has 0 heterocycles. The van der Waals surface area contributed by atoms with Crippen LogP contribution in [0.4, 0.5) is 4.39 Å². The molecule has 0 aromatic heterocycles. The zero-order valence-electron chi connectivity index (χ0n) is 15.7. The van der Waals surface area contributed by atoms with Crippen molar-refractivity contribution in [2.75, 3.05) is 7.11 Å². The van der Waals surface area contributed by atoms with Crippen molar-refractivity contribution in [3.05, 3.63) is 65.0 Å². The summed E-state index contributed by atoms with van der Waals surface area (Å²) in [6, 6.07) is 11.7. The molecule has 0 radical (unpaired) electrons. The summed E-state index contributed by atoms with van der Waals surface area (Å²) in [5.41, 5.74) is 0.218. The van der Waals surface area contributed by atoms with Crippen molar-refractivity contribution in [3.63, 3.8) is 0 Å². The van der Waals surface area contributed by atoms with Gasteiger partial charge < -0.3 is 14.8 Å². The van der Waals surface area contributed by atoms with Gasteiger partial charge in [0.25, 0.3) is 5.91 Å². The first-order chi connectivity index (χ1) is 13.3. The van der Waals surface area contributed by atoms with Gasteiger partial charge in [-0.15, -0.1) is 0 Å². The molecule has 2 aromatic rings. The summed E-state index contributed by atoms with van der Waals surface area (Å²) in [5.74, 6) is -1.78. The third kappa shape index (κ3) is 5.17. The summed E-state index contributed by atoms with van der Waals surface area (Å²) in [5, 5.41) is 11.8. The van der Waals surface area contributed by atoms with Crippen LogP contribution in [0.5, 0.6) is 11.5 Å². The van der Waals surface area contributed by atoms with Crippen LogP contribution in [0.1, 0.15) is 29.8 Å². The molecule has 28 heavy (non-hydrogen) atoms. The first-order valence-electron chi connectivity index (χ1n) is 8.43. The number of carbonyl (C=O) groups excluding carboxylic acids is 2. The van der Waals surface area contributed by atoms with E-state index in [4.69, 9.17) is 9.47 Å². The molecule has 0 atom stereocenters. The monoisotopic (exact) mass is 382 g/mol. The van der Waals surface area contributed by atoms with Crippen LogP contribution >= 0.6 is 0 Å². The number of benzene rings is 2. The van der Waals surface area contributed by atoms with Gasteiger partial charge in [-0.3, -0.25) is 4.79 Å². The average Bonchev–Trinajstić information content (AvgIpc) is 2.66. The van der Waals surface area contributed by atoms with E-state index in [0.717, 1.165) is 6.07 Å². The summed E-state index contributed by atoms with van der Waals surface area (Å²) >= 11 is 0. The van der Waals surface area contributed by atoms with E-state index in [0.29, 0.717) is 5.56 Å². The molecule has 0 fully saturated rings. The Hall–Kier alpha value is -3.66. The lowest BCUT2D eigenvalue weighted by molar-refractivity contribution is -0.117. The number of nitrogens with zero attached hydrogens (tertiary/aromatic N) is 1. The lowest BCUT2D eigenvalue weighted by Gasteiger charge is -2.11. The van der Waals surface area contributed by atoms with Crippen molar-refractivity contribution >= 4 is 18.0 Å². The predicted molar refractivity (Wildman–Crippen MR) is 101 cm³/mol. The Morgan fingerprint density at radius 1 is 1.18 bits per heavy atom. The molecule has 0 aliphatic rings. The average molecular weight is 382 g/mol. The second-order valence-electron chi connectivity index (χ2n) is 6.08. The van der Waals surface area contributed by atoms with E-state index in [1.807, 2.05) is 6.07 Å². The minimum absolute atomic E-state index is 0.0770. The molecule has 0 bridgehead atoms. The van der Waals surface area contributed by atoms with Crippen LogP contribution in [0.3, 0.4) is 0 Å². The molecule has 0 aliphatic heterocycles. The molecule has 144 valence electrons. The van der Waals surface area contributed by atoms with Gasteiger partial charge in [0.05, 0.1) is 12.7 Å². The first kappa shape index (κ1) is 20.6. The predicted octanol–water partition coefficient (Wildman–Crippen LogP) is 3.49. The van der Waals surface area contributed by atoms with Crippen LogP contribution in [-0.4, -0.2) is 25.0 Å². The van der Waals surface area contributed by atoms with Gasteiger partial charge in [-0.2, -0.15) is 5.26 Å². The standard InChI is InChI=1S/C21H19FN2O4/c1-13(2)24-20(25)15(12-23)10-14-8-9-18(19(11-14)27-3)28-21(26)16-6-4-5-7-17(16)22/h4-11,13H,1-3H3,(H,24,25)/b15-10+. The van der Waals surface area contributed by atoms with Crippen LogP contribution in [-0.2, 0) is 4.79 Å². The number of rotatable bonds is 6. The number of esters is 1. The molecule has 0 spiro atoms. The Bertz CT molecular complexity index is 961. The third-order valence-electron chi connectivity index (χ3n) is 3.58. The smallest absolute Gasteiger partial charge is 0.346 e. The largest absolute Gasteiger partial charge is 0.493 e. The van der Waals surface area contributed by atoms with E-state index >= 15 is 0 Å². The van der Waals surface area contributed by atoms with E-state index < -0.39 is 17.7 Å². The highest BCUT2D eigenvalue weighted by atomic mass is 19.1. The Morgan fingerprint density at radius 2 is 1.89 bits per heavy atom. The Balaban J connectivity index is 2.28. The zero-order chi connectivity index (χ0) is 20.7. The van der Waals surface area contributed by atoms with Crippen LogP contribution in [0.25, 0.3) is 6.08 Å². The molecule has 0 unspecified atom stereocenters. The van der Waals surface area contributed by atoms with Gasteiger partial charge in [0.15, 0.2) is 11.5 Å². The molecule has 7 heteroatoms. The van der Waals surface area contributed by atoms with Crippen molar-refractivity contribution in [2.45, 2.75) is 19.9 Å². The Kier molecular flexibility index (Phi) is 6.88. The van der Waals surface area contributed by atoms with Gasteiger partial charge in [-0.1, -0.05) is 18.2 Å². The number of halogens is 1. The molecule has 2 rings (SSSR count). The number of hydrogen-bond acceptors (Lipinski definition) is 5. The van der Waals surface area contributed by atoms with Gasteiger partial charge in [0, 0.05) is 6.04 Å². The first-order valence-corrected chi connectivity index (χ1v) is 8.43. The van der Waals surface area contributed by atoms with E-state index in [2.05, 4.69) is 5.32 Å². The van der Waals surface area contributed by atoms with Crippen molar-refractivity contribution in [3.8, 4) is 17.6 Å². The highest BCUT2D eigenvalue weighted by molar-refractivity contribution is 6.01. The molecule has 0 saturated heterocycles. The molecule has 0 aliphatic carbocycles. The normalized spacial score (nSPS) is 10.9. The number of nitrogens with one attached hydrogen (secondary N) is 1. The summed E-state index contributed by atoms with van der Waals surface area (Å²) in [6.07, 6.45) is 1.39. The lowest BCUT2D eigenvalue weighted by Crippen LogP contribution is -2.30. The minimum Gasteiger partial charge on any atom is -0.493 e. The van der Waals surface area contributed by atoms with Gasteiger partial charge >= 0.3 is 5.97 Å². The molecule has 2 aromatic carbocycles. The molecule has 0 saturated carbocycles. The topological polar surface area (TPSA) is 88.4 Å². The fraction of sp³-hybridized carbons (Fsp3) is 0.190. The number of hydrogen-bond donors (Lipinski definition) is 1. The molecule has 1 N–H and O–H groups in total. The second-order valence-corrected chi connectivity index (χ2v) is 6.08. The van der Waals surface area contributed by atoms with Crippen molar-refractivity contribution in [1.29, 1.82) is 5.26 Å².